The van der Waals surface area contributed by atoms with E-state index >= 15 is 0 Å². The van der Waals surface area contributed by atoms with Gasteiger partial charge in [-0.05, 0) is 30.0 Å². The van der Waals surface area contributed by atoms with Crippen LogP contribution in [0.4, 0.5) is 0 Å². The van der Waals surface area contributed by atoms with E-state index in [0.29, 0.717) is 25.3 Å². The van der Waals surface area contributed by atoms with E-state index in [1.54, 1.807) is 31.3 Å². The van der Waals surface area contributed by atoms with Crippen molar-refractivity contribution in [1.82, 2.24) is 9.21 Å². The lowest BCUT2D eigenvalue weighted by Crippen LogP contribution is -2.50. The lowest BCUT2D eigenvalue weighted by atomic mass is 10.0. The van der Waals surface area contributed by atoms with Gasteiger partial charge in [-0.25, -0.2) is 13.2 Å². The van der Waals surface area contributed by atoms with Gasteiger partial charge in [-0.3, -0.25) is 4.79 Å². The van der Waals surface area contributed by atoms with Gasteiger partial charge in [0, 0.05) is 20.1 Å². The summed E-state index contributed by atoms with van der Waals surface area (Å²) in [5, 5.41) is 8.62. The number of ether oxygens (including phenoxy) is 1. The van der Waals surface area contributed by atoms with E-state index < -0.39 is 28.6 Å². The minimum absolute atomic E-state index is 0.0883. The van der Waals surface area contributed by atoms with Gasteiger partial charge in [0.25, 0.3) is 0 Å². The number of nitrogens with zero attached hydrogens (tertiary/aromatic N) is 2. The smallest absolute Gasteiger partial charge is 0.341 e. The summed E-state index contributed by atoms with van der Waals surface area (Å²) in [5.41, 5.74) is 0.834. The molecule has 1 heterocycles. The van der Waals surface area contributed by atoms with Gasteiger partial charge in [-0.15, -0.1) is 0 Å². The lowest BCUT2D eigenvalue weighted by molar-refractivity contribution is -0.139. The van der Waals surface area contributed by atoms with Gasteiger partial charge in [0.05, 0.1) is 5.75 Å². The summed E-state index contributed by atoms with van der Waals surface area (Å²) in [6.45, 7) is 3.96. The molecule has 0 aliphatic carbocycles. The van der Waals surface area contributed by atoms with Crippen LogP contribution in [0.1, 0.15) is 25.8 Å². The molecular formula is C18H26N2O6S. The number of carbonyl (C=O) groups excluding carboxylic acids is 1. The molecule has 1 aromatic rings. The second kappa shape index (κ2) is 8.71. The molecule has 1 amide bonds. The molecule has 1 saturated heterocycles. The van der Waals surface area contributed by atoms with Crippen molar-refractivity contribution in [3.05, 3.63) is 29.8 Å². The van der Waals surface area contributed by atoms with Crippen LogP contribution < -0.4 is 4.74 Å². The molecule has 1 unspecified atom stereocenters. The van der Waals surface area contributed by atoms with Crippen LogP contribution in [-0.2, 0) is 26.2 Å². The zero-order valence-electron chi connectivity index (χ0n) is 15.8. The molecule has 1 fully saturated rings. The van der Waals surface area contributed by atoms with Crippen molar-refractivity contribution in [3.8, 4) is 5.75 Å². The third-order valence-electron chi connectivity index (χ3n) is 4.41. The maximum atomic E-state index is 12.9. The summed E-state index contributed by atoms with van der Waals surface area (Å²) in [7, 11) is -1.73. The van der Waals surface area contributed by atoms with Crippen molar-refractivity contribution >= 4 is 21.9 Å². The molecule has 1 aliphatic rings. The Balaban J connectivity index is 2.06. The predicted molar refractivity (Wildman–Crippen MR) is 99.8 cm³/mol. The number of hydrogen-bond donors (Lipinski definition) is 1. The van der Waals surface area contributed by atoms with Crippen molar-refractivity contribution in [2.24, 2.45) is 5.92 Å². The first kappa shape index (κ1) is 21.2. The van der Waals surface area contributed by atoms with Crippen LogP contribution >= 0.6 is 0 Å². The van der Waals surface area contributed by atoms with E-state index in [1.165, 1.54) is 9.21 Å². The summed E-state index contributed by atoms with van der Waals surface area (Å²) >= 11 is 0. The normalized spacial score (nSPS) is 17.6. The molecule has 2 rings (SSSR count). The molecule has 8 nitrogen and oxygen atoms in total. The van der Waals surface area contributed by atoms with Crippen molar-refractivity contribution < 1.29 is 27.9 Å². The fourth-order valence-electron chi connectivity index (χ4n) is 3.13. The van der Waals surface area contributed by atoms with Crippen LogP contribution in [0, 0.1) is 5.92 Å². The first-order valence-corrected chi connectivity index (χ1v) is 10.4. The lowest BCUT2D eigenvalue weighted by Gasteiger charge is -2.32. The Bertz CT molecular complexity index is 776. The highest BCUT2D eigenvalue weighted by atomic mass is 32.2. The monoisotopic (exact) mass is 398 g/mol. The van der Waals surface area contributed by atoms with Crippen LogP contribution in [0.2, 0.25) is 0 Å². The standard InChI is InChI=1S/C18H26N2O6S/c1-13(2)17(20-9-4-10-27(20,24)25)18(23)19(3)11-14-5-7-15(8-6-14)26-12-16(21)22/h5-8,13,17H,4,9-12H2,1-3H3,(H,21,22). The van der Waals surface area contributed by atoms with E-state index in [0.717, 1.165) is 5.56 Å². The third-order valence-corrected chi connectivity index (χ3v) is 6.34. The van der Waals surface area contributed by atoms with Crippen molar-refractivity contribution in [3.63, 3.8) is 0 Å². The number of carboxylic acid groups (broad SMARTS) is 1. The predicted octanol–water partition coefficient (Wildman–Crippen LogP) is 1.17. The Morgan fingerprint density at radius 3 is 2.37 bits per heavy atom. The number of hydrogen-bond acceptors (Lipinski definition) is 5. The van der Waals surface area contributed by atoms with E-state index in [1.807, 2.05) is 13.8 Å². The first-order chi connectivity index (χ1) is 12.6. The molecule has 0 saturated carbocycles. The highest BCUT2D eigenvalue weighted by molar-refractivity contribution is 7.89. The molecule has 1 aromatic carbocycles. The van der Waals surface area contributed by atoms with E-state index in [9.17, 15) is 18.0 Å². The van der Waals surface area contributed by atoms with E-state index in [-0.39, 0.29) is 17.6 Å². The van der Waals surface area contributed by atoms with Gasteiger partial charge < -0.3 is 14.7 Å². The fourth-order valence-corrected chi connectivity index (χ4v) is 4.94. The zero-order valence-corrected chi connectivity index (χ0v) is 16.6. The zero-order chi connectivity index (χ0) is 20.2. The van der Waals surface area contributed by atoms with Crippen LogP contribution in [-0.4, -0.2) is 66.6 Å². The number of likely N-dealkylation sites (N-methyl/N-ethyl adjacent to an activating group) is 1. The Morgan fingerprint density at radius 2 is 1.89 bits per heavy atom. The average Bonchev–Trinajstić information content (AvgIpc) is 2.93. The Labute approximate surface area is 159 Å². The van der Waals surface area contributed by atoms with Crippen molar-refractivity contribution in [1.29, 1.82) is 0 Å². The number of aliphatic carboxylic acids is 1. The largest absolute Gasteiger partial charge is 0.482 e. The number of benzene rings is 1. The van der Waals surface area contributed by atoms with E-state index in [4.69, 9.17) is 9.84 Å². The molecule has 0 spiro atoms. The minimum Gasteiger partial charge on any atom is -0.482 e. The number of rotatable bonds is 8. The van der Waals surface area contributed by atoms with Crippen LogP contribution in [0.5, 0.6) is 5.75 Å². The highest BCUT2D eigenvalue weighted by Gasteiger charge is 2.40. The SMILES string of the molecule is CC(C)C(C(=O)N(C)Cc1ccc(OCC(=O)O)cc1)N1CCCS1(=O)=O. The number of sulfonamides is 1. The molecule has 0 aromatic heterocycles. The first-order valence-electron chi connectivity index (χ1n) is 8.80. The maximum absolute atomic E-state index is 12.9. The summed E-state index contributed by atoms with van der Waals surface area (Å²) in [6, 6.07) is 6.07. The summed E-state index contributed by atoms with van der Waals surface area (Å²) in [5.74, 6) is -0.911. The summed E-state index contributed by atoms with van der Waals surface area (Å²) in [4.78, 5) is 25.0. The fraction of sp³-hybridized carbons (Fsp3) is 0.556. The van der Waals surface area contributed by atoms with Crippen LogP contribution in [0.25, 0.3) is 0 Å². The molecule has 9 heteroatoms. The Morgan fingerprint density at radius 1 is 1.26 bits per heavy atom. The summed E-state index contributed by atoms with van der Waals surface area (Å²) < 4.78 is 30.9. The molecule has 0 bridgehead atoms. The second-order valence-corrected chi connectivity index (χ2v) is 9.03. The van der Waals surface area contributed by atoms with Gasteiger partial charge in [0.2, 0.25) is 15.9 Å². The number of amides is 1. The molecule has 27 heavy (non-hydrogen) atoms. The van der Waals surface area contributed by atoms with Gasteiger partial charge >= 0.3 is 5.97 Å². The average molecular weight is 398 g/mol. The van der Waals surface area contributed by atoms with Gasteiger partial charge in [-0.1, -0.05) is 26.0 Å². The Hall–Kier alpha value is -2.13. The van der Waals surface area contributed by atoms with Gasteiger partial charge in [-0.2, -0.15) is 4.31 Å². The maximum Gasteiger partial charge on any atom is 0.341 e. The van der Waals surface area contributed by atoms with Crippen LogP contribution in [0.15, 0.2) is 24.3 Å². The molecule has 150 valence electrons. The van der Waals surface area contributed by atoms with Crippen molar-refractivity contribution in [2.45, 2.75) is 32.9 Å². The topological polar surface area (TPSA) is 104 Å². The van der Waals surface area contributed by atoms with Gasteiger partial charge in [0.1, 0.15) is 11.8 Å². The highest BCUT2D eigenvalue weighted by Crippen LogP contribution is 2.24. The number of carboxylic acids is 1. The van der Waals surface area contributed by atoms with Crippen molar-refractivity contribution in [2.75, 3.05) is 26.0 Å². The molecule has 1 aliphatic heterocycles. The summed E-state index contributed by atoms with van der Waals surface area (Å²) in [6.07, 6.45) is 0.542. The number of carbonyl (C=O) groups is 2. The Kier molecular flexibility index (Phi) is 6.83. The third kappa shape index (κ3) is 5.43. The minimum atomic E-state index is -3.38. The van der Waals surface area contributed by atoms with Crippen LogP contribution in [0.3, 0.4) is 0 Å². The van der Waals surface area contributed by atoms with E-state index in [2.05, 4.69) is 0 Å². The second-order valence-electron chi connectivity index (χ2n) is 6.99. The quantitative estimate of drug-likeness (QED) is 0.705. The molecule has 0 radical (unpaired) electrons. The van der Waals surface area contributed by atoms with Gasteiger partial charge in [0.15, 0.2) is 6.61 Å². The molecule has 1 atom stereocenters. The molecule has 1 N–H and O–H groups in total. The molecular weight excluding hydrogens is 372 g/mol.